The highest BCUT2D eigenvalue weighted by Gasteiger charge is 2.11. The van der Waals surface area contributed by atoms with E-state index >= 15 is 0 Å². The normalized spacial score (nSPS) is 10.5. The van der Waals surface area contributed by atoms with Crippen LogP contribution < -0.4 is 15.6 Å². The number of pyridine rings is 1. The van der Waals surface area contributed by atoms with E-state index in [2.05, 4.69) is 5.32 Å². The van der Waals surface area contributed by atoms with Crippen molar-refractivity contribution in [3.8, 4) is 5.75 Å². The standard InChI is InChI=1S/C18H15N3O5/c1-26-16-4-2-3-15-14(16)9-10-20(18(15)23)11-17(22)19-12-5-7-13(8-6-12)21(24)25/h2-10H,11H2,1H3,(H,19,22). The van der Waals surface area contributed by atoms with Crippen LogP contribution >= 0.6 is 0 Å². The molecule has 1 amide bonds. The van der Waals surface area contributed by atoms with E-state index in [4.69, 9.17) is 4.74 Å². The second-order valence-electron chi connectivity index (χ2n) is 5.52. The topological polar surface area (TPSA) is 103 Å². The van der Waals surface area contributed by atoms with E-state index in [0.29, 0.717) is 22.2 Å². The van der Waals surface area contributed by atoms with Crippen molar-refractivity contribution in [2.75, 3.05) is 12.4 Å². The second kappa shape index (κ2) is 7.06. The highest BCUT2D eigenvalue weighted by molar-refractivity contribution is 5.91. The highest BCUT2D eigenvalue weighted by atomic mass is 16.6. The molecule has 0 saturated heterocycles. The summed E-state index contributed by atoms with van der Waals surface area (Å²) in [7, 11) is 1.53. The monoisotopic (exact) mass is 353 g/mol. The lowest BCUT2D eigenvalue weighted by Gasteiger charge is -2.10. The van der Waals surface area contributed by atoms with Crippen molar-refractivity contribution in [1.82, 2.24) is 4.57 Å². The number of ether oxygens (including phenoxy) is 1. The number of nitrogens with zero attached hydrogens (tertiary/aromatic N) is 2. The van der Waals surface area contributed by atoms with Gasteiger partial charge in [0.25, 0.3) is 11.2 Å². The molecule has 0 radical (unpaired) electrons. The molecule has 1 N–H and O–H groups in total. The Labute approximate surface area is 147 Å². The number of hydrogen-bond donors (Lipinski definition) is 1. The van der Waals surface area contributed by atoms with Crippen LogP contribution in [0.3, 0.4) is 0 Å². The van der Waals surface area contributed by atoms with E-state index in [1.807, 2.05) is 0 Å². The van der Waals surface area contributed by atoms with Gasteiger partial charge >= 0.3 is 0 Å². The quantitative estimate of drug-likeness (QED) is 0.561. The van der Waals surface area contributed by atoms with Crippen LogP contribution in [0, 0.1) is 10.1 Å². The summed E-state index contributed by atoms with van der Waals surface area (Å²) in [6.45, 7) is -0.178. The largest absolute Gasteiger partial charge is 0.496 e. The Balaban J connectivity index is 1.80. The van der Waals surface area contributed by atoms with Gasteiger partial charge in [-0.2, -0.15) is 0 Å². The van der Waals surface area contributed by atoms with Crippen molar-refractivity contribution in [2.45, 2.75) is 6.54 Å². The van der Waals surface area contributed by atoms with Crippen LogP contribution in [-0.4, -0.2) is 22.5 Å². The molecule has 0 saturated carbocycles. The molecule has 0 bridgehead atoms. The molecule has 0 atom stereocenters. The SMILES string of the molecule is COc1cccc2c(=O)n(CC(=O)Nc3ccc([N+](=O)[O-])cc3)ccc12. The number of aromatic nitrogens is 1. The van der Waals surface area contributed by atoms with Gasteiger partial charge in [0.2, 0.25) is 5.91 Å². The molecule has 26 heavy (non-hydrogen) atoms. The Morgan fingerprint density at radius 3 is 2.54 bits per heavy atom. The summed E-state index contributed by atoms with van der Waals surface area (Å²) in [5.74, 6) is 0.172. The fraction of sp³-hybridized carbons (Fsp3) is 0.111. The van der Waals surface area contributed by atoms with Crippen LogP contribution in [0.25, 0.3) is 10.8 Å². The van der Waals surface area contributed by atoms with Crippen LogP contribution in [0.5, 0.6) is 5.75 Å². The van der Waals surface area contributed by atoms with Gasteiger partial charge in [-0.15, -0.1) is 0 Å². The molecule has 0 spiro atoms. The van der Waals surface area contributed by atoms with E-state index in [1.54, 1.807) is 24.3 Å². The third kappa shape index (κ3) is 3.39. The van der Waals surface area contributed by atoms with Crippen molar-refractivity contribution in [1.29, 1.82) is 0 Å². The average Bonchev–Trinajstić information content (AvgIpc) is 2.64. The van der Waals surface area contributed by atoms with Gasteiger partial charge in [-0.05, 0) is 30.3 Å². The molecule has 2 aromatic carbocycles. The zero-order chi connectivity index (χ0) is 18.7. The molecule has 8 heteroatoms. The maximum Gasteiger partial charge on any atom is 0.269 e. The minimum Gasteiger partial charge on any atom is -0.496 e. The Bertz CT molecular complexity index is 1040. The summed E-state index contributed by atoms with van der Waals surface area (Å²) >= 11 is 0. The van der Waals surface area contributed by atoms with Crippen LogP contribution in [0.2, 0.25) is 0 Å². The molecule has 132 valence electrons. The Kier molecular flexibility index (Phi) is 4.66. The van der Waals surface area contributed by atoms with E-state index < -0.39 is 10.8 Å². The van der Waals surface area contributed by atoms with Crippen molar-refractivity contribution < 1.29 is 14.5 Å². The maximum absolute atomic E-state index is 12.6. The third-order valence-corrected chi connectivity index (χ3v) is 3.87. The summed E-state index contributed by atoms with van der Waals surface area (Å²) < 4.78 is 6.53. The van der Waals surface area contributed by atoms with Gasteiger partial charge in [0, 0.05) is 29.4 Å². The average molecular weight is 353 g/mol. The number of nitro benzene ring substituents is 1. The van der Waals surface area contributed by atoms with Gasteiger partial charge in [0.1, 0.15) is 12.3 Å². The molecular formula is C18H15N3O5. The zero-order valence-corrected chi connectivity index (χ0v) is 13.8. The van der Waals surface area contributed by atoms with E-state index in [1.165, 1.54) is 42.1 Å². The minimum atomic E-state index is -0.519. The van der Waals surface area contributed by atoms with Crippen LogP contribution in [-0.2, 0) is 11.3 Å². The number of methoxy groups -OCH3 is 1. The number of benzene rings is 2. The predicted octanol–water partition coefficient (Wildman–Crippen LogP) is 2.56. The summed E-state index contributed by atoms with van der Waals surface area (Å²) in [5.41, 5.74) is 0.0408. The number of anilines is 1. The Morgan fingerprint density at radius 1 is 1.15 bits per heavy atom. The fourth-order valence-electron chi connectivity index (χ4n) is 2.61. The first-order valence-corrected chi connectivity index (χ1v) is 7.70. The summed E-state index contributed by atoms with van der Waals surface area (Å²) in [4.78, 5) is 34.9. The zero-order valence-electron chi connectivity index (χ0n) is 13.8. The van der Waals surface area contributed by atoms with E-state index in [0.717, 1.165) is 0 Å². The number of nitrogens with one attached hydrogen (secondary N) is 1. The molecule has 0 aliphatic heterocycles. The van der Waals surface area contributed by atoms with Crippen molar-refractivity contribution in [3.05, 3.63) is 75.2 Å². The molecule has 1 heterocycles. The minimum absolute atomic E-state index is 0.0669. The van der Waals surface area contributed by atoms with Crippen molar-refractivity contribution in [3.63, 3.8) is 0 Å². The molecular weight excluding hydrogens is 338 g/mol. The molecule has 1 aromatic heterocycles. The first-order valence-electron chi connectivity index (χ1n) is 7.70. The number of fused-ring (bicyclic) bond motifs is 1. The Hall–Kier alpha value is -3.68. The molecule has 0 aliphatic carbocycles. The third-order valence-electron chi connectivity index (χ3n) is 3.87. The van der Waals surface area contributed by atoms with Crippen LogP contribution in [0.1, 0.15) is 0 Å². The second-order valence-corrected chi connectivity index (χ2v) is 5.52. The summed E-state index contributed by atoms with van der Waals surface area (Å²) in [6, 6.07) is 12.3. The number of amides is 1. The number of nitro groups is 1. The van der Waals surface area contributed by atoms with Gasteiger partial charge in [-0.1, -0.05) is 6.07 Å². The highest BCUT2D eigenvalue weighted by Crippen LogP contribution is 2.22. The first kappa shape index (κ1) is 17.2. The number of hydrogen-bond acceptors (Lipinski definition) is 5. The summed E-state index contributed by atoms with van der Waals surface area (Å²) in [6.07, 6.45) is 1.53. The molecule has 0 fully saturated rings. The number of carbonyl (C=O) groups is 1. The van der Waals surface area contributed by atoms with Gasteiger partial charge in [0.15, 0.2) is 0 Å². The molecule has 3 aromatic rings. The predicted molar refractivity (Wildman–Crippen MR) is 96.5 cm³/mol. The number of rotatable bonds is 5. The van der Waals surface area contributed by atoms with Crippen molar-refractivity contribution in [2.24, 2.45) is 0 Å². The summed E-state index contributed by atoms with van der Waals surface area (Å²) in [5, 5.41) is 14.4. The van der Waals surface area contributed by atoms with Gasteiger partial charge in [-0.25, -0.2) is 0 Å². The lowest BCUT2D eigenvalue weighted by atomic mass is 10.1. The smallest absolute Gasteiger partial charge is 0.269 e. The van der Waals surface area contributed by atoms with Gasteiger partial charge in [0.05, 0.1) is 17.4 Å². The molecule has 8 nitrogen and oxygen atoms in total. The van der Waals surface area contributed by atoms with E-state index in [9.17, 15) is 19.7 Å². The number of non-ortho nitro benzene ring substituents is 1. The molecule has 0 unspecified atom stereocenters. The first-order chi connectivity index (χ1) is 12.5. The lowest BCUT2D eigenvalue weighted by molar-refractivity contribution is -0.384. The van der Waals surface area contributed by atoms with E-state index in [-0.39, 0.29) is 17.8 Å². The molecule has 0 aliphatic rings. The Morgan fingerprint density at radius 2 is 1.88 bits per heavy atom. The fourth-order valence-corrected chi connectivity index (χ4v) is 2.61. The van der Waals surface area contributed by atoms with Crippen molar-refractivity contribution >= 4 is 28.1 Å². The van der Waals surface area contributed by atoms with Crippen LogP contribution in [0.15, 0.2) is 59.5 Å². The maximum atomic E-state index is 12.6. The number of carbonyl (C=O) groups excluding carboxylic acids is 1. The van der Waals surface area contributed by atoms with Gasteiger partial charge in [-0.3, -0.25) is 19.7 Å². The lowest BCUT2D eigenvalue weighted by Crippen LogP contribution is -2.27. The molecule has 3 rings (SSSR count). The van der Waals surface area contributed by atoms with Gasteiger partial charge < -0.3 is 14.6 Å². The van der Waals surface area contributed by atoms with Crippen LogP contribution in [0.4, 0.5) is 11.4 Å².